The van der Waals surface area contributed by atoms with E-state index in [2.05, 4.69) is 21.6 Å². The molecule has 0 aliphatic rings. The molecule has 1 amide bonds. The van der Waals surface area contributed by atoms with E-state index in [1.807, 2.05) is 60.0 Å². The van der Waals surface area contributed by atoms with Gasteiger partial charge in [0, 0.05) is 16.9 Å². The van der Waals surface area contributed by atoms with Crippen LogP contribution in [0.1, 0.15) is 5.56 Å². The molecule has 0 fully saturated rings. The summed E-state index contributed by atoms with van der Waals surface area (Å²) in [6, 6.07) is 22.9. The number of rotatable bonds is 6. The number of aryl methyl sites for hydroxylation is 1. The highest BCUT2D eigenvalue weighted by Gasteiger charge is 2.17. The molecule has 0 saturated carbocycles. The molecule has 0 radical (unpaired) electrons. The topological polar surface area (TPSA) is 59.8 Å². The highest BCUT2D eigenvalue weighted by molar-refractivity contribution is 7.99. The van der Waals surface area contributed by atoms with E-state index in [4.69, 9.17) is 23.2 Å². The number of hydrogen-bond donors (Lipinski definition) is 1. The lowest BCUT2D eigenvalue weighted by Gasteiger charge is -2.11. The number of nitrogens with zero attached hydrogens (tertiary/aromatic N) is 3. The monoisotopic (exact) mass is 468 g/mol. The summed E-state index contributed by atoms with van der Waals surface area (Å²) in [7, 11) is 0. The molecule has 5 nitrogen and oxygen atoms in total. The molecular weight excluding hydrogens is 451 g/mol. The molecular formula is C23H18Cl2N4OS. The number of para-hydroxylation sites is 1. The molecule has 0 spiro atoms. The molecule has 1 N–H and O–H groups in total. The van der Waals surface area contributed by atoms with Gasteiger partial charge < -0.3 is 5.32 Å². The molecule has 1 aromatic heterocycles. The minimum atomic E-state index is -0.178. The Bertz CT molecular complexity index is 1230. The van der Waals surface area contributed by atoms with Gasteiger partial charge in [-0.3, -0.25) is 9.36 Å². The molecule has 8 heteroatoms. The van der Waals surface area contributed by atoms with E-state index in [1.165, 1.54) is 11.8 Å². The first kappa shape index (κ1) is 21.4. The largest absolute Gasteiger partial charge is 0.325 e. The van der Waals surface area contributed by atoms with E-state index in [0.717, 1.165) is 22.6 Å². The van der Waals surface area contributed by atoms with Gasteiger partial charge in [-0.1, -0.05) is 76.9 Å². The van der Waals surface area contributed by atoms with Crippen LogP contribution >= 0.6 is 35.0 Å². The third-order valence-corrected chi connectivity index (χ3v) is 6.13. The van der Waals surface area contributed by atoms with Gasteiger partial charge in [-0.2, -0.15) is 0 Å². The molecule has 31 heavy (non-hydrogen) atoms. The predicted molar refractivity (Wildman–Crippen MR) is 127 cm³/mol. The van der Waals surface area contributed by atoms with Crippen LogP contribution < -0.4 is 5.32 Å². The highest BCUT2D eigenvalue weighted by atomic mass is 35.5. The van der Waals surface area contributed by atoms with Crippen LogP contribution in [0.4, 0.5) is 5.69 Å². The Morgan fingerprint density at radius 1 is 0.968 bits per heavy atom. The molecule has 0 atom stereocenters. The maximum Gasteiger partial charge on any atom is 0.234 e. The first-order valence-corrected chi connectivity index (χ1v) is 11.2. The smallest absolute Gasteiger partial charge is 0.234 e. The minimum absolute atomic E-state index is 0.166. The molecule has 4 aromatic rings. The third-order valence-electron chi connectivity index (χ3n) is 4.46. The second-order valence-electron chi connectivity index (χ2n) is 6.81. The summed E-state index contributed by atoms with van der Waals surface area (Å²) >= 11 is 13.3. The van der Waals surface area contributed by atoms with Crippen molar-refractivity contribution in [2.24, 2.45) is 0 Å². The van der Waals surface area contributed by atoms with Crippen LogP contribution in [0, 0.1) is 6.92 Å². The number of amides is 1. The first-order valence-electron chi connectivity index (χ1n) is 9.47. The third kappa shape index (κ3) is 5.10. The second kappa shape index (κ2) is 9.56. The van der Waals surface area contributed by atoms with E-state index in [1.54, 1.807) is 18.2 Å². The average Bonchev–Trinajstić information content (AvgIpc) is 3.19. The van der Waals surface area contributed by atoms with Gasteiger partial charge in [-0.05, 0) is 43.3 Å². The van der Waals surface area contributed by atoms with E-state index in [-0.39, 0.29) is 11.7 Å². The number of carbonyl (C=O) groups excluding carboxylic acids is 1. The van der Waals surface area contributed by atoms with Crippen LogP contribution in [0.15, 0.2) is 78.0 Å². The summed E-state index contributed by atoms with van der Waals surface area (Å²) in [5.74, 6) is 0.712. The maximum atomic E-state index is 12.5. The van der Waals surface area contributed by atoms with Crippen LogP contribution in [-0.2, 0) is 4.79 Å². The lowest BCUT2D eigenvalue weighted by atomic mass is 10.1. The Kier molecular flexibility index (Phi) is 6.61. The summed E-state index contributed by atoms with van der Waals surface area (Å²) in [4.78, 5) is 12.5. The van der Waals surface area contributed by atoms with Crippen LogP contribution in [0.2, 0.25) is 10.0 Å². The molecule has 0 saturated heterocycles. The molecule has 0 bridgehead atoms. The summed E-state index contributed by atoms with van der Waals surface area (Å²) in [5.41, 5.74) is 3.61. The van der Waals surface area contributed by atoms with Gasteiger partial charge in [-0.25, -0.2) is 0 Å². The summed E-state index contributed by atoms with van der Waals surface area (Å²) in [6.45, 7) is 2.04. The van der Waals surface area contributed by atoms with Crippen LogP contribution in [-0.4, -0.2) is 26.4 Å². The summed E-state index contributed by atoms with van der Waals surface area (Å²) < 4.78 is 1.96. The number of aromatic nitrogens is 3. The maximum absolute atomic E-state index is 12.5. The Balaban J connectivity index is 1.58. The average molecular weight is 469 g/mol. The normalized spacial score (nSPS) is 10.8. The van der Waals surface area contributed by atoms with Crippen molar-refractivity contribution in [1.29, 1.82) is 0 Å². The van der Waals surface area contributed by atoms with Crippen molar-refractivity contribution >= 4 is 46.6 Å². The molecule has 3 aromatic carbocycles. The second-order valence-corrected chi connectivity index (χ2v) is 8.57. The molecule has 0 unspecified atom stereocenters. The number of halogens is 2. The van der Waals surface area contributed by atoms with Crippen molar-refractivity contribution in [2.45, 2.75) is 12.1 Å². The molecule has 4 rings (SSSR count). The number of nitrogens with one attached hydrogen (secondary N) is 1. The van der Waals surface area contributed by atoms with Gasteiger partial charge in [0.05, 0.1) is 15.8 Å². The van der Waals surface area contributed by atoms with Crippen LogP contribution in [0.5, 0.6) is 0 Å². The fraction of sp³-hybridized carbons (Fsp3) is 0.0870. The van der Waals surface area contributed by atoms with Gasteiger partial charge in [0.15, 0.2) is 11.0 Å². The lowest BCUT2D eigenvalue weighted by Crippen LogP contribution is -2.14. The van der Waals surface area contributed by atoms with E-state index in [9.17, 15) is 4.79 Å². The van der Waals surface area contributed by atoms with E-state index in [0.29, 0.717) is 20.9 Å². The fourth-order valence-electron chi connectivity index (χ4n) is 3.05. The van der Waals surface area contributed by atoms with Gasteiger partial charge in [0.25, 0.3) is 0 Å². The number of benzene rings is 3. The molecule has 0 aliphatic heterocycles. The molecule has 1 heterocycles. The zero-order chi connectivity index (χ0) is 21.8. The van der Waals surface area contributed by atoms with Gasteiger partial charge in [0.1, 0.15) is 0 Å². The zero-order valence-electron chi connectivity index (χ0n) is 16.5. The number of thioether (sulfide) groups is 1. The van der Waals surface area contributed by atoms with E-state index >= 15 is 0 Å². The fourth-order valence-corrected chi connectivity index (χ4v) is 4.10. The summed E-state index contributed by atoms with van der Waals surface area (Å²) in [5, 5.41) is 13.1. The Hall–Kier alpha value is -2.80. The van der Waals surface area contributed by atoms with Crippen molar-refractivity contribution < 1.29 is 4.79 Å². The quantitative estimate of drug-likeness (QED) is 0.338. The number of hydrogen-bond acceptors (Lipinski definition) is 4. The number of carbonyl (C=O) groups is 1. The van der Waals surface area contributed by atoms with Gasteiger partial charge >= 0.3 is 0 Å². The Morgan fingerprint density at radius 2 is 1.77 bits per heavy atom. The summed E-state index contributed by atoms with van der Waals surface area (Å²) in [6.07, 6.45) is 0. The SMILES string of the molecule is Cc1cccc(-c2nnc(SCC(=O)Nc3ccc(Cl)c(Cl)c3)n2-c2ccccc2)c1. The van der Waals surface area contributed by atoms with Gasteiger partial charge in [0.2, 0.25) is 5.91 Å². The Labute approximate surface area is 194 Å². The molecule has 156 valence electrons. The van der Waals surface area contributed by atoms with E-state index < -0.39 is 0 Å². The van der Waals surface area contributed by atoms with Crippen molar-refractivity contribution in [3.63, 3.8) is 0 Å². The highest BCUT2D eigenvalue weighted by Crippen LogP contribution is 2.29. The minimum Gasteiger partial charge on any atom is -0.325 e. The Morgan fingerprint density at radius 3 is 2.52 bits per heavy atom. The first-order chi connectivity index (χ1) is 15.0. The van der Waals surface area contributed by atoms with Crippen LogP contribution in [0.3, 0.4) is 0 Å². The van der Waals surface area contributed by atoms with Crippen molar-refractivity contribution in [2.75, 3.05) is 11.1 Å². The van der Waals surface area contributed by atoms with Gasteiger partial charge in [-0.15, -0.1) is 10.2 Å². The van der Waals surface area contributed by atoms with Crippen LogP contribution in [0.25, 0.3) is 17.1 Å². The number of anilines is 1. The van der Waals surface area contributed by atoms with Crippen molar-refractivity contribution in [3.05, 3.63) is 88.4 Å². The predicted octanol–water partition coefficient (Wildman–Crippen LogP) is 6.28. The zero-order valence-corrected chi connectivity index (χ0v) is 18.9. The standard InChI is InChI=1S/C23H18Cl2N4OS/c1-15-6-5-7-16(12-15)22-27-28-23(29(22)18-8-3-2-4-9-18)31-14-21(30)26-17-10-11-19(24)20(25)13-17/h2-13H,14H2,1H3,(H,26,30). The van der Waals surface area contributed by atoms with Crippen molar-refractivity contribution in [3.8, 4) is 17.1 Å². The van der Waals surface area contributed by atoms with Crippen molar-refractivity contribution in [1.82, 2.24) is 14.8 Å². The molecule has 0 aliphatic carbocycles. The lowest BCUT2D eigenvalue weighted by molar-refractivity contribution is -0.113.